The van der Waals surface area contributed by atoms with Crippen LogP contribution in [0.25, 0.3) is 11.2 Å². The Morgan fingerprint density at radius 2 is 1.91 bits per heavy atom. The van der Waals surface area contributed by atoms with E-state index in [0.717, 1.165) is 0 Å². The summed E-state index contributed by atoms with van der Waals surface area (Å²) in [5, 5.41) is 22.6. The molecule has 24 heteroatoms. The monoisotopic (exact) mass is 707 g/mol. The predicted molar refractivity (Wildman–Crippen MR) is 160 cm³/mol. The van der Waals surface area contributed by atoms with Crippen molar-refractivity contribution >= 4 is 56.0 Å². The van der Waals surface area contributed by atoms with E-state index in [4.69, 9.17) is 43.6 Å². The molecule has 252 valence electrons. The number of imidazole rings is 1. The SMILES string of the molecule is CO[PH]1(S)OCC2OC(n3cnc4c(N)ncnc43)C(O)C2OP(=O)(O)OCC2OC(N3CCc4c3nc(N)[nH]c4=O)C(O1)C2O. The van der Waals surface area contributed by atoms with Gasteiger partial charge in [0, 0.05) is 0 Å². The molecule has 8 N–H and O–H groups in total. The van der Waals surface area contributed by atoms with Crippen LogP contribution in [0, 0.1) is 0 Å². The second-order valence-corrected chi connectivity index (χ2v) is 15.9. The van der Waals surface area contributed by atoms with Gasteiger partial charge in [0.15, 0.2) is 0 Å². The number of aromatic amines is 1. The zero-order valence-electron chi connectivity index (χ0n) is 23.9. The van der Waals surface area contributed by atoms with Crippen molar-refractivity contribution in [2.45, 2.75) is 55.5 Å². The van der Waals surface area contributed by atoms with Gasteiger partial charge in [-0.3, -0.25) is 0 Å². The van der Waals surface area contributed by atoms with E-state index in [1.54, 1.807) is 4.90 Å². The number of fused-ring (bicyclic) bond motifs is 5. The second-order valence-electron chi connectivity index (χ2n) is 10.8. The van der Waals surface area contributed by atoms with Crippen molar-refractivity contribution in [3.05, 3.63) is 28.6 Å². The van der Waals surface area contributed by atoms with Crippen LogP contribution in [0.4, 0.5) is 17.6 Å². The van der Waals surface area contributed by atoms with E-state index in [1.807, 2.05) is 0 Å². The van der Waals surface area contributed by atoms with Gasteiger partial charge in [0.05, 0.1) is 0 Å². The molecule has 7 heterocycles. The molecular formula is C22H31N9O12P2S. The summed E-state index contributed by atoms with van der Waals surface area (Å²) in [6.07, 6.45) is -7.76. The average molecular weight is 708 g/mol. The van der Waals surface area contributed by atoms with E-state index in [2.05, 4.69) is 37.2 Å². The Morgan fingerprint density at radius 3 is 2.70 bits per heavy atom. The van der Waals surface area contributed by atoms with Gasteiger partial charge in [-0.2, -0.15) is 0 Å². The van der Waals surface area contributed by atoms with Gasteiger partial charge in [0.2, 0.25) is 0 Å². The van der Waals surface area contributed by atoms with E-state index in [-0.39, 0.29) is 35.3 Å². The molecule has 0 radical (unpaired) electrons. The van der Waals surface area contributed by atoms with Crippen molar-refractivity contribution in [2.75, 3.05) is 43.2 Å². The fourth-order valence-corrected chi connectivity index (χ4v) is 8.72. The van der Waals surface area contributed by atoms with Gasteiger partial charge in [-0.25, -0.2) is 0 Å². The number of phosphoric ester groups is 1. The molecule has 0 saturated carbocycles. The van der Waals surface area contributed by atoms with Gasteiger partial charge in [-0.15, -0.1) is 0 Å². The molecule has 46 heavy (non-hydrogen) atoms. The van der Waals surface area contributed by atoms with Crippen LogP contribution in [-0.4, -0.2) is 114 Å². The third kappa shape index (κ3) is 5.56. The molecule has 3 fully saturated rings. The van der Waals surface area contributed by atoms with E-state index in [0.29, 0.717) is 12.0 Å². The van der Waals surface area contributed by atoms with E-state index < -0.39 is 82.8 Å². The Labute approximate surface area is 264 Å². The number of rotatable bonds is 3. The molecule has 0 aromatic carbocycles. The average Bonchev–Trinajstić information content (AvgIpc) is 3.77. The molecule has 4 aliphatic heterocycles. The molecule has 21 nitrogen and oxygen atoms in total. The van der Waals surface area contributed by atoms with Crippen molar-refractivity contribution in [3.63, 3.8) is 0 Å². The molecular weight excluding hydrogens is 676 g/mol. The number of anilines is 3. The summed E-state index contributed by atoms with van der Waals surface area (Å²) in [5.74, 6) is 0.184. The van der Waals surface area contributed by atoms with Crippen LogP contribution in [0.5, 0.6) is 0 Å². The summed E-state index contributed by atoms with van der Waals surface area (Å²) < 4.78 is 55.2. The van der Waals surface area contributed by atoms with Gasteiger partial charge in [-0.1, -0.05) is 0 Å². The predicted octanol–water partition coefficient (Wildman–Crippen LogP) is -1.62. The molecule has 2 bridgehead atoms. The van der Waals surface area contributed by atoms with Crippen LogP contribution in [0.3, 0.4) is 0 Å². The minimum absolute atomic E-state index is 0.0931. The summed E-state index contributed by atoms with van der Waals surface area (Å²) >= 11 is 4.57. The topological polar surface area (TPSA) is 287 Å². The number of ether oxygens (including phenoxy) is 2. The minimum atomic E-state index is -4.95. The number of nitrogens with one attached hydrogen (secondary N) is 1. The number of aromatic nitrogens is 6. The quantitative estimate of drug-likeness (QED) is 0.119. The number of nitrogen functional groups attached to an aromatic ring is 2. The van der Waals surface area contributed by atoms with Crippen LogP contribution in [-0.2, 0) is 43.1 Å². The summed E-state index contributed by atoms with van der Waals surface area (Å²) in [4.78, 5) is 43.7. The van der Waals surface area contributed by atoms with E-state index in [1.165, 1.54) is 24.3 Å². The molecule has 9 unspecified atom stereocenters. The Kier molecular flexibility index (Phi) is 8.24. The van der Waals surface area contributed by atoms with Crippen molar-refractivity contribution in [3.8, 4) is 0 Å². The van der Waals surface area contributed by atoms with Crippen LogP contribution < -0.4 is 21.9 Å². The van der Waals surface area contributed by atoms with Gasteiger partial charge in [-0.05, 0) is 0 Å². The number of H-pyrrole nitrogens is 1. The van der Waals surface area contributed by atoms with Crippen molar-refractivity contribution in [2.24, 2.45) is 0 Å². The number of nitrogens with zero attached hydrogens (tertiary/aromatic N) is 6. The molecule has 0 amide bonds. The first-order valence-corrected chi connectivity index (χ1v) is 18.4. The molecule has 4 aliphatic rings. The molecule has 3 aromatic heterocycles. The van der Waals surface area contributed by atoms with Crippen LogP contribution in [0.2, 0.25) is 0 Å². The Hall–Kier alpha value is -2.56. The van der Waals surface area contributed by atoms with Crippen molar-refractivity contribution in [1.82, 2.24) is 29.5 Å². The van der Waals surface area contributed by atoms with Gasteiger partial charge in [0.25, 0.3) is 0 Å². The number of thiol groups is 1. The Morgan fingerprint density at radius 1 is 1.13 bits per heavy atom. The normalized spacial score (nSPS) is 36.8. The first-order chi connectivity index (χ1) is 21.9. The van der Waals surface area contributed by atoms with E-state index in [9.17, 15) is 24.5 Å². The second kappa shape index (κ2) is 11.8. The number of aliphatic hydroxyl groups is 2. The van der Waals surface area contributed by atoms with Crippen molar-refractivity contribution in [1.29, 1.82) is 0 Å². The van der Waals surface area contributed by atoms with Crippen LogP contribution >= 0.6 is 27.2 Å². The third-order valence-corrected chi connectivity index (χ3v) is 12.0. The maximum atomic E-state index is 13.2. The zero-order chi connectivity index (χ0) is 32.5. The first kappa shape index (κ1) is 32.0. The summed E-state index contributed by atoms with van der Waals surface area (Å²) in [6, 6.07) is 0. The molecule has 9 atom stereocenters. The Bertz CT molecular complexity index is 1750. The summed E-state index contributed by atoms with van der Waals surface area (Å²) in [7, 11) is -7.66. The fourth-order valence-electron chi connectivity index (χ4n) is 5.91. The molecule has 3 saturated heterocycles. The van der Waals surface area contributed by atoms with Crippen LogP contribution in [0.1, 0.15) is 11.8 Å². The fraction of sp³-hybridized carbons (Fsp3) is 0.591. The number of aliphatic hydroxyl groups excluding tert-OH is 2. The third-order valence-electron chi connectivity index (χ3n) is 8.11. The van der Waals surface area contributed by atoms with Gasteiger partial charge in [0.1, 0.15) is 0 Å². The van der Waals surface area contributed by atoms with Crippen LogP contribution in [0.15, 0.2) is 17.4 Å². The zero-order valence-corrected chi connectivity index (χ0v) is 26.6. The molecule has 0 spiro atoms. The Balaban J connectivity index is 1.20. The van der Waals surface area contributed by atoms with Gasteiger partial charge >= 0.3 is 265 Å². The standard InChI is InChI=1S/C22H31N9O12P2S/c1-37-45(46)39-5-10-14(13(33)20(41-10)31-7-27-11-16(23)25-6-26-18(11)31)42-44(35,36)38-4-9-12(32)15(43-45)21(40-9)30-3-2-8-17(30)28-22(24)29-19(8)34/h6-7,9-10,12-15,20-21,32-33,45-46H,2-5H2,1H3,(H,35,36)(H2,23,25,26)(H3,24,28,29,34). The molecule has 7 rings (SSSR count). The molecule has 0 aliphatic carbocycles. The number of phosphoric acid groups is 1. The number of hydrogen-bond acceptors (Lipinski definition) is 19. The molecule has 3 aromatic rings. The summed E-state index contributed by atoms with van der Waals surface area (Å²) in [6.45, 7) is -0.831. The summed E-state index contributed by atoms with van der Waals surface area (Å²) in [5.41, 5.74) is 12.1. The first-order valence-electron chi connectivity index (χ1n) is 13.9. The van der Waals surface area contributed by atoms with Crippen molar-refractivity contribution < 1.29 is 51.8 Å². The number of hydrogen-bond donors (Lipinski definition) is 7. The maximum absolute atomic E-state index is 13.2. The van der Waals surface area contributed by atoms with E-state index >= 15 is 0 Å². The van der Waals surface area contributed by atoms with Gasteiger partial charge < -0.3 is 0 Å². The number of nitrogens with two attached hydrogens (primary N) is 2.